The molecule has 0 spiro atoms. The van der Waals surface area contributed by atoms with Crippen LogP contribution in [0.4, 0.5) is 0 Å². The van der Waals surface area contributed by atoms with Crippen LogP contribution in [0.1, 0.15) is 22.3 Å². The SMILES string of the molecule is Cc1ccc(-c2cc(OCc3ccccc3)ccc2/C=N/NC(=O)Cc2cccc(O)c2)cc1. The molecule has 4 aromatic rings. The minimum Gasteiger partial charge on any atom is -0.508 e. The largest absolute Gasteiger partial charge is 0.508 e. The number of hydrazone groups is 1. The van der Waals surface area contributed by atoms with Crippen LogP contribution in [-0.4, -0.2) is 17.2 Å². The van der Waals surface area contributed by atoms with Crippen molar-refractivity contribution in [2.45, 2.75) is 20.0 Å². The fraction of sp³-hybridized carbons (Fsp3) is 0.103. The van der Waals surface area contributed by atoms with Crippen LogP contribution in [0.25, 0.3) is 11.1 Å². The smallest absolute Gasteiger partial charge is 0.244 e. The lowest BCUT2D eigenvalue weighted by Crippen LogP contribution is -2.19. The Bertz CT molecular complexity index is 1280. The molecule has 0 aliphatic rings. The van der Waals surface area contributed by atoms with Crippen LogP contribution in [0.5, 0.6) is 11.5 Å². The molecule has 0 unspecified atom stereocenters. The lowest BCUT2D eigenvalue weighted by atomic mass is 9.99. The predicted molar refractivity (Wildman–Crippen MR) is 135 cm³/mol. The van der Waals surface area contributed by atoms with Gasteiger partial charge in [-0.25, -0.2) is 5.43 Å². The Morgan fingerprint density at radius 1 is 0.912 bits per heavy atom. The number of ether oxygens (including phenoxy) is 1. The molecular formula is C29H26N2O3. The summed E-state index contributed by atoms with van der Waals surface area (Å²) in [6, 6.07) is 30.7. The van der Waals surface area contributed by atoms with Crippen LogP contribution in [-0.2, 0) is 17.8 Å². The summed E-state index contributed by atoms with van der Waals surface area (Å²) in [7, 11) is 0. The van der Waals surface area contributed by atoms with Crippen LogP contribution < -0.4 is 10.2 Å². The van der Waals surface area contributed by atoms with Gasteiger partial charge in [0.1, 0.15) is 18.1 Å². The summed E-state index contributed by atoms with van der Waals surface area (Å²) >= 11 is 0. The molecule has 0 saturated heterocycles. The molecule has 0 bridgehead atoms. The van der Waals surface area contributed by atoms with Gasteiger partial charge in [-0.3, -0.25) is 4.79 Å². The van der Waals surface area contributed by atoms with E-state index in [0.717, 1.165) is 28.0 Å². The normalized spacial score (nSPS) is 10.9. The first-order valence-electron chi connectivity index (χ1n) is 11.0. The zero-order valence-corrected chi connectivity index (χ0v) is 18.9. The average molecular weight is 451 g/mol. The number of phenols is 1. The van der Waals surface area contributed by atoms with Crippen LogP contribution in [0, 0.1) is 6.92 Å². The second-order valence-electron chi connectivity index (χ2n) is 8.03. The molecular weight excluding hydrogens is 424 g/mol. The topological polar surface area (TPSA) is 70.9 Å². The molecule has 2 N–H and O–H groups in total. The third kappa shape index (κ3) is 6.33. The van der Waals surface area contributed by atoms with E-state index in [1.807, 2.05) is 55.5 Å². The van der Waals surface area contributed by atoms with E-state index in [4.69, 9.17) is 4.74 Å². The number of aryl methyl sites for hydroxylation is 1. The van der Waals surface area contributed by atoms with Crippen molar-refractivity contribution >= 4 is 12.1 Å². The maximum Gasteiger partial charge on any atom is 0.244 e. The van der Waals surface area contributed by atoms with E-state index in [0.29, 0.717) is 12.2 Å². The van der Waals surface area contributed by atoms with Crippen molar-refractivity contribution in [2.75, 3.05) is 0 Å². The molecule has 0 atom stereocenters. The molecule has 0 radical (unpaired) electrons. The van der Waals surface area contributed by atoms with E-state index in [-0.39, 0.29) is 18.1 Å². The van der Waals surface area contributed by atoms with E-state index in [2.05, 4.69) is 34.8 Å². The summed E-state index contributed by atoms with van der Waals surface area (Å²) in [5.74, 6) is 0.622. The standard InChI is InChI=1S/C29H26N2O3/c1-21-10-12-24(13-11-21)28-18-27(34-20-22-6-3-2-4-7-22)15-14-25(28)19-30-31-29(33)17-23-8-5-9-26(32)16-23/h2-16,18-19,32H,17,20H2,1H3,(H,31,33)/b30-19+. The molecule has 0 saturated carbocycles. The number of benzene rings is 4. The molecule has 0 aliphatic heterocycles. The number of hydrogen-bond acceptors (Lipinski definition) is 4. The molecule has 4 rings (SSSR count). The van der Waals surface area contributed by atoms with Crippen LogP contribution in [0.15, 0.2) is 102 Å². The summed E-state index contributed by atoms with van der Waals surface area (Å²) in [5, 5.41) is 13.7. The van der Waals surface area contributed by atoms with Gasteiger partial charge in [0.2, 0.25) is 5.91 Å². The first-order valence-corrected chi connectivity index (χ1v) is 11.0. The van der Waals surface area contributed by atoms with Gasteiger partial charge in [-0.1, -0.05) is 72.3 Å². The average Bonchev–Trinajstić information content (AvgIpc) is 2.84. The third-order valence-electron chi connectivity index (χ3n) is 5.30. The summed E-state index contributed by atoms with van der Waals surface area (Å²) in [6.45, 7) is 2.53. The number of hydrogen-bond donors (Lipinski definition) is 2. The highest BCUT2D eigenvalue weighted by molar-refractivity contribution is 5.91. The minimum atomic E-state index is -0.262. The molecule has 0 aromatic heterocycles. The van der Waals surface area contributed by atoms with Crippen molar-refractivity contribution in [3.05, 3.63) is 119 Å². The molecule has 0 heterocycles. The maximum absolute atomic E-state index is 12.3. The summed E-state index contributed by atoms with van der Waals surface area (Å²) < 4.78 is 6.02. The van der Waals surface area contributed by atoms with Crippen molar-refractivity contribution in [3.63, 3.8) is 0 Å². The first-order chi connectivity index (χ1) is 16.6. The van der Waals surface area contributed by atoms with Gasteiger partial charge in [-0.15, -0.1) is 0 Å². The number of phenolic OH excluding ortho intramolecular Hbond substituents is 1. The lowest BCUT2D eigenvalue weighted by Gasteiger charge is -2.12. The Morgan fingerprint density at radius 2 is 1.68 bits per heavy atom. The molecule has 170 valence electrons. The van der Waals surface area contributed by atoms with E-state index >= 15 is 0 Å². The number of nitrogens with zero attached hydrogens (tertiary/aromatic N) is 1. The van der Waals surface area contributed by atoms with Gasteiger partial charge in [0.05, 0.1) is 12.6 Å². The van der Waals surface area contributed by atoms with Crippen LogP contribution >= 0.6 is 0 Å². The van der Waals surface area contributed by atoms with Crippen molar-refractivity contribution in [2.24, 2.45) is 5.10 Å². The number of carbonyl (C=O) groups excluding carboxylic acids is 1. The third-order valence-corrected chi connectivity index (χ3v) is 5.30. The Hall–Kier alpha value is -4.38. The quantitative estimate of drug-likeness (QED) is 0.270. The van der Waals surface area contributed by atoms with Gasteiger partial charge in [0.15, 0.2) is 0 Å². The van der Waals surface area contributed by atoms with E-state index in [1.54, 1.807) is 30.5 Å². The maximum atomic E-state index is 12.3. The van der Waals surface area contributed by atoms with Crippen molar-refractivity contribution in [1.82, 2.24) is 5.43 Å². The number of carbonyl (C=O) groups is 1. The molecule has 5 heteroatoms. The Balaban J connectivity index is 1.50. The zero-order valence-electron chi connectivity index (χ0n) is 18.9. The number of rotatable bonds is 8. The van der Waals surface area contributed by atoms with E-state index in [1.165, 1.54) is 5.56 Å². The Morgan fingerprint density at radius 3 is 2.44 bits per heavy atom. The fourth-order valence-electron chi connectivity index (χ4n) is 3.53. The molecule has 4 aromatic carbocycles. The second-order valence-corrected chi connectivity index (χ2v) is 8.03. The zero-order chi connectivity index (χ0) is 23.8. The van der Waals surface area contributed by atoms with Crippen LogP contribution in [0.3, 0.4) is 0 Å². The number of aromatic hydroxyl groups is 1. The summed E-state index contributed by atoms with van der Waals surface area (Å²) in [4.78, 5) is 12.3. The second kappa shape index (κ2) is 11.0. The Labute approximate surface area is 199 Å². The highest BCUT2D eigenvalue weighted by atomic mass is 16.5. The van der Waals surface area contributed by atoms with Gasteiger partial charge in [-0.05, 0) is 59.5 Å². The van der Waals surface area contributed by atoms with E-state index in [9.17, 15) is 9.90 Å². The molecule has 0 fully saturated rings. The van der Waals surface area contributed by atoms with Gasteiger partial charge in [-0.2, -0.15) is 5.10 Å². The predicted octanol–water partition coefficient (Wildman–Crippen LogP) is 5.64. The van der Waals surface area contributed by atoms with Gasteiger partial charge < -0.3 is 9.84 Å². The lowest BCUT2D eigenvalue weighted by molar-refractivity contribution is -0.120. The van der Waals surface area contributed by atoms with Crippen molar-refractivity contribution in [1.29, 1.82) is 0 Å². The highest BCUT2D eigenvalue weighted by Gasteiger charge is 2.08. The molecule has 1 amide bonds. The summed E-state index contributed by atoms with van der Waals surface area (Å²) in [5.41, 5.74) is 8.39. The van der Waals surface area contributed by atoms with Crippen molar-refractivity contribution < 1.29 is 14.6 Å². The minimum absolute atomic E-state index is 0.128. The fourth-order valence-corrected chi connectivity index (χ4v) is 3.53. The summed E-state index contributed by atoms with van der Waals surface area (Å²) in [6.07, 6.45) is 1.76. The van der Waals surface area contributed by atoms with Crippen molar-refractivity contribution in [3.8, 4) is 22.6 Å². The van der Waals surface area contributed by atoms with E-state index < -0.39 is 0 Å². The Kier molecular flexibility index (Phi) is 7.35. The molecule has 5 nitrogen and oxygen atoms in total. The van der Waals surface area contributed by atoms with Crippen LogP contribution in [0.2, 0.25) is 0 Å². The number of amides is 1. The monoisotopic (exact) mass is 450 g/mol. The van der Waals surface area contributed by atoms with Gasteiger partial charge >= 0.3 is 0 Å². The molecule has 0 aliphatic carbocycles. The number of nitrogens with one attached hydrogen (secondary N) is 1. The first kappa shape index (κ1) is 22.8. The van der Waals surface area contributed by atoms with Gasteiger partial charge in [0.25, 0.3) is 0 Å². The molecule has 34 heavy (non-hydrogen) atoms. The highest BCUT2D eigenvalue weighted by Crippen LogP contribution is 2.28. The van der Waals surface area contributed by atoms with Gasteiger partial charge in [0, 0.05) is 5.56 Å².